The quantitative estimate of drug-likeness (QED) is 0.642. The van der Waals surface area contributed by atoms with E-state index in [4.69, 9.17) is 5.73 Å². The lowest BCUT2D eigenvalue weighted by molar-refractivity contribution is -0.135. The summed E-state index contributed by atoms with van der Waals surface area (Å²) in [6.45, 7) is 7.48. The first-order chi connectivity index (χ1) is 9.25. The van der Waals surface area contributed by atoms with Crippen molar-refractivity contribution in [1.82, 2.24) is 14.7 Å². The van der Waals surface area contributed by atoms with Gasteiger partial charge in [-0.1, -0.05) is 6.92 Å². The molecule has 2 atom stereocenters. The molecule has 5 heteroatoms. The molecule has 0 aromatic heterocycles. The van der Waals surface area contributed by atoms with Gasteiger partial charge in [-0.15, -0.1) is 0 Å². The summed E-state index contributed by atoms with van der Waals surface area (Å²) < 4.78 is 0. The van der Waals surface area contributed by atoms with E-state index in [-0.39, 0.29) is 17.9 Å². The molecule has 0 rings (SSSR count). The Hall–Kier alpha value is -0.650. The van der Waals surface area contributed by atoms with Gasteiger partial charge in [-0.25, -0.2) is 0 Å². The molecule has 5 nitrogen and oxygen atoms in total. The molecule has 0 aromatic carbocycles. The van der Waals surface area contributed by atoms with Crippen molar-refractivity contribution >= 4 is 5.91 Å². The lowest BCUT2D eigenvalue weighted by atomic mass is 10.0. The van der Waals surface area contributed by atoms with E-state index in [9.17, 15) is 4.79 Å². The molecule has 0 spiro atoms. The number of hydrogen-bond acceptors (Lipinski definition) is 4. The fourth-order valence-electron chi connectivity index (χ4n) is 2.00. The first kappa shape index (κ1) is 19.4. The van der Waals surface area contributed by atoms with E-state index in [0.29, 0.717) is 0 Å². The normalized spacial score (nSPS) is 14.7. The Labute approximate surface area is 125 Å². The van der Waals surface area contributed by atoms with E-state index < -0.39 is 0 Å². The smallest absolute Gasteiger partial charge is 0.226 e. The van der Waals surface area contributed by atoms with Gasteiger partial charge in [-0.3, -0.25) is 4.79 Å². The molecule has 0 saturated carbocycles. The minimum absolute atomic E-state index is 0.0901. The largest absolute Gasteiger partial charge is 0.342 e. The second-order valence-electron chi connectivity index (χ2n) is 6.29. The zero-order valence-electron chi connectivity index (χ0n) is 14.2. The summed E-state index contributed by atoms with van der Waals surface area (Å²) in [5, 5.41) is 0. The van der Waals surface area contributed by atoms with E-state index in [1.807, 2.05) is 18.7 Å². The Bertz CT molecular complexity index is 253. The number of carbonyl (C=O) groups is 1. The van der Waals surface area contributed by atoms with Crippen molar-refractivity contribution in [2.24, 2.45) is 11.7 Å². The van der Waals surface area contributed by atoms with Crippen LogP contribution in [0.2, 0.25) is 0 Å². The summed E-state index contributed by atoms with van der Waals surface area (Å²) >= 11 is 0. The van der Waals surface area contributed by atoms with Gasteiger partial charge in [0.1, 0.15) is 0 Å². The van der Waals surface area contributed by atoms with E-state index in [1.54, 1.807) is 0 Å². The van der Waals surface area contributed by atoms with Crippen LogP contribution in [0.3, 0.4) is 0 Å². The highest BCUT2D eigenvalue weighted by molar-refractivity contribution is 5.79. The van der Waals surface area contributed by atoms with Gasteiger partial charge in [0.05, 0.1) is 5.92 Å². The summed E-state index contributed by atoms with van der Waals surface area (Å²) in [6, 6.07) is -0.0901. The third-order valence-electron chi connectivity index (χ3n) is 3.56. The van der Waals surface area contributed by atoms with E-state index in [0.717, 1.165) is 39.0 Å². The molecular formula is C15H34N4O. The first-order valence-electron chi connectivity index (χ1n) is 7.59. The molecule has 2 N–H and O–H groups in total. The first-order valence-corrected chi connectivity index (χ1v) is 7.59. The average molecular weight is 286 g/mol. The highest BCUT2D eigenvalue weighted by Crippen LogP contribution is 2.08. The third kappa shape index (κ3) is 8.51. The summed E-state index contributed by atoms with van der Waals surface area (Å²) in [4.78, 5) is 18.7. The van der Waals surface area contributed by atoms with Crippen LogP contribution in [0.5, 0.6) is 0 Å². The highest BCUT2D eigenvalue weighted by atomic mass is 16.2. The molecular weight excluding hydrogens is 252 g/mol. The topological polar surface area (TPSA) is 52.8 Å². The summed E-state index contributed by atoms with van der Waals surface area (Å²) in [7, 11) is 8.23. The molecule has 0 saturated heterocycles. The molecule has 0 aromatic rings. The monoisotopic (exact) mass is 286 g/mol. The fraction of sp³-hybridized carbons (Fsp3) is 0.933. The standard InChI is InChI=1S/C15H34N4O/c1-13(14(2)16)15(20)19(11-7-9-17(3)4)12-8-10-18(5)6/h13-14H,7-12,16H2,1-6H3. The summed E-state index contributed by atoms with van der Waals surface area (Å²) in [5.41, 5.74) is 5.86. The number of carbonyl (C=O) groups excluding carboxylic acids is 1. The van der Waals surface area contributed by atoms with Gasteiger partial charge in [0, 0.05) is 19.1 Å². The highest BCUT2D eigenvalue weighted by Gasteiger charge is 2.22. The van der Waals surface area contributed by atoms with Crippen LogP contribution in [-0.4, -0.2) is 81.0 Å². The van der Waals surface area contributed by atoms with Gasteiger partial charge in [0.2, 0.25) is 5.91 Å². The van der Waals surface area contributed by atoms with Crippen molar-refractivity contribution in [2.45, 2.75) is 32.7 Å². The number of hydrogen-bond donors (Lipinski definition) is 1. The van der Waals surface area contributed by atoms with Crippen molar-refractivity contribution in [2.75, 3.05) is 54.4 Å². The molecule has 0 aliphatic rings. The van der Waals surface area contributed by atoms with Crippen LogP contribution in [0, 0.1) is 5.92 Å². The van der Waals surface area contributed by atoms with Crippen LogP contribution in [-0.2, 0) is 4.79 Å². The van der Waals surface area contributed by atoms with Gasteiger partial charge >= 0.3 is 0 Å². The predicted molar refractivity (Wildman–Crippen MR) is 85.7 cm³/mol. The zero-order valence-corrected chi connectivity index (χ0v) is 14.2. The van der Waals surface area contributed by atoms with E-state index in [1.165, 1.54) is 0 Å². The second kappa shape index (κ2) is 10.1. The van der Waals surface area contributed by atoms with Gasteiger partial charge < -0.3 is 20.4 Å². The van der Waals surface area contributed by atoms with Crippen molar-refractivity contribution < 1.29 is 4.79 Å². The molecule has 20 heavy (non-hydrogen) atoms. The summed E-state index contributed by atoms with van der Waals surface area (Å²) in [6.07, 6.45) is 2.01. The molecule has 1 amide bonds. The third-order valence-corrected chi connectivity index (χ3v) is 3.56. The molecule has 2 unspecified atom stereocenters. The van der Waals surface area contributed by atoms with Crippen LogP contribution in [0.15, 0.2) is 0 Å². The van der Waals surface area contributed by atoms with Gasteiger partial charge in [0.25, 0.3) is 0 Å². The van der Waals surface area contributed by atoms with Gasteiger partial charge in [-0.05, 0) is 61.0 Å². The lowest BCUT2D eigenvalue weighted by Crippen LogP contribution is -2.43. The van der Waals surface area contributed by atoms with Crippen molar-refractivity contribution in [3.8, 4) is 0 Å². The zero-order chi connectivity index (χ0) is 15.7. The predicted octanol–water partition coefficient (Wildman–Crippen LogP) is 0.702. The minimum Gasteiger partial charge on any atom is -0.342 e. The molecule has 0 aliphatic carbocycles. The van der Waals surface area contributed by atoms with Crippen LogP contribution in [0.1, 0.15) is 26.7 Å². The molecule has 0 radical (unpaired) electrons. The van der Waals surface area contributed by atoms with Crippen molar-refractivity contribution in [3.05, 3.63) is 0 Å². The number of amides is 1. The SMILES string of the molecule is CC(N)C(C)C(=O)N(CCCN(C)C)CCCN(C)C. The fourth-order valence-corrected chi connectivity index (χ4v) is 2.00. The number of nitrogens with two attached hydrogens (primary N) is 1. The Morgan fingerprint density at radius 1 is 0.900 bits per heavy atom. The molecule has 0 fully saturated rings. The maximum atomic E-state index is 12.5. The van der Waals surface area contributed by atoms with Crippen LogP contribution in [0.4, 0.5) is 0 Å². The average Bonchev–Trinajstić information content (AvgIpc) is 2.34. The van der Waals surface area contributed by atoms with Crippen LogP contribution in [0.25, 0.3) is 0 Å². The number of nitrogens with zero attached hydrogens (tertiary/aromatic N) is 3. The van der Waals surface area contributed by atoms with E-state index in [2.05, 4.69) is 38.0 Å². The van der Waals surface area contributed by atoms with E-state index >= 15 is 0 Å². The maximum absolute atomic E-state index is 12.5. The van der Waals surface area contributed by atoms with Crippen molar-refractivity contribution in [3.63, 3.8) is 0 Å². The number of rotatable bonds is 10. The Morgan fingerprint density at radius 2 is 1.30 bits per heavy atom. The second-order valence-corrected chi connectivity index (χ2v) is 6.29. The molecule has 0 heterocycles. The molecule has 120 valence electrons. The molecule has 0 aliphatic heterocycles. The lowest BCUT2D eigenvalue weighted by Gasteiger charge is -2.28. The Balaban J connectivity index is 4.40. The Morgan fingerprint density at radius 3 is 1.60 bits per heavy atom. The van der Waals surface area contributed by atoms with Crippen molar-refractivity contribution in [1.29, 1.82) is 0 Å². The van der Waals surface area contributed by atoms with Crippen LogP contribution >= 0.6 is 0 Å². The minimum atomic E-state index is -0.103. The Kier molecular flexibility index (Phi) is 9.80. The molecule has 0 bridgehead atoms. The van der Waals surface area contributed by atoms with Crippen LogP contribution < -0.4 is 5.73 Å². The summed E-state index contributed by atoms with van der Waals surface area (Å²) in [5.74, 6) is 0.0891. The maximum Gasteiger partial charge on any atom is 0.226 e. The van der Waals surface area contributed by atoms with Gasteiger partial charge in [-0.2, -0.15) is 0 Å². The van der Waals surface area contributed by atoms with Gasteiger partial charge in [0.15, 0.2) is 0 Å².